The van der Waals surface area contributed by atoms with Gasteiger partial charge in [0.25, 0.3) is 0 Å². The number of aromatic nitrogens is 2. The first-order valence-electron chi connectivity index (χ1n) is 11.7. The molecule has 174 valence electrons. The van der Waals surface area contributed by atoms with E-state index in [2.05, 4.69) is 64.6 Å². The third-order valence-electron chi connectivity index (χ3n) is 6.19. The number of nitrogens with one attached hydrogen (secondary N) is 1. The van der Waals surface area contributed by atoms with Gasteiger partial charge >= 0.3 is 0 Å². The lowest BCUT2D eigenvalue weighted by atomic mass is 9.97. The second-order valence-corrected chi connectivity index (χ2v) is 9.10. The summed E-state index contributed by atoms with van der Waals surface area (Å²) >= 11 is 0. The normalized spacial score (nSPS) is 14.5. The van der Waals surface area contributed by atoms with Crippen molar-refractivity contribution in [3.8, 4) is 16.9 Å². The van der Waals surface area contributed by atoms with Crippen LogP contribution in [-0.4, -0.2) is 56.2 Å². The van der Waals surface area contributed by atoms with Crippen LogP contribution in [0.15, 0.2) is 54.6 Å². The van der Waals surface area contributed by atoms with Gasteiger partial charge in [0.15, 0.2) is 0 Å². The number of hydrogen-bond donors (Lipinski definition) is 1. The van der Waals surface area contributed by atoms with Crippen molar-refractivity contribution in [3.05, 3.63) is 71.7 Å². The summed E-state index contributed by atoms with van der Waals surface area (Å²) in [7, 11) is 7.95. The largest absolute Gasteiger partial charge is 0.497 e. The van der Waals surface area contributed by atoms with Crippen LogP contribution in [0.3, 0.4) is 0 Å². The Morgan fingerprint density at radius 3 is 2.36 bits per heavy atom. The van der Waals surface area contributed by atoms with Gasteiger partial charge in [0.05, 0.1) is 12.8 Å². The average molecular weight is 446 g/mol. The molecule has 0 saturated carbocycles. The van der Waals surface area contributed by atoms with E-state index < -0.39 is 0 Å². The van der Waals surface area contributed by atoms with E-state index in [0.29, 0.717) is 5.92 Å². The van der Waals surface area contributed by atoms with Gasteiger partial charge in [-0.25, -0.2) is 9.97 Å². The SMILES string of the molecule is COc1cccc(-c2ccc(CN(C)Cc3cc(N(C)C)nc(C4CCNCC4)n3)cc2)c1. The van der Waals surface area contributed by atoms with Crippen LogP contribution in [0, 0.1) is 0 Å². The molecule has 0 bridgehead atoms. The maximum Gasteiger partial charge on any atom is 0.134 e. The number of ether oxygens (including phenoxy) is 1. The first kappa shape index (κ1) is 23.2. The third-order valence-corrected chi connectivity index (χ3v) is 6.19. The Labute approximate surface area is 197 Å². The summed E-state index contributed by atoms with van der Waals surface area (Å²) in [6.07, 6.45) is 2.21. The van der Waals surface area contributed by atoms with Gasteiger partial charge in [-0.05, 0) is 61.8 Å². The van der Waals surface area contributed by atoms with Crippen LogP contribution in [0.2, 0.25) is 0 Å². The number of anilines is 1. The predicted octanol–water partition coefficient (Wildman–Crippen LogP) is 4.32. The molecule has 0 unspecified atom stereocenters. The molecule has 1 N–H and O–H groups in total. The molecular formula is C27H35N5O. The van der Waals surface area contributed by atoms with E-state index in [1.54, 1.807) is 7.11 Å². The molecule has 0 amide bonds. The summed E-state index contributed by atoms with van der Waals surface area (Å²) in [5.74, 6) is 3.31. The summed E-state index contributed by atoms with van der Waals surface area (Å²) in [5.41, 5.74) is 4.72. The molecule has 6 heteroatoms. The fraction of sp³-hybridized carbons (Fsp3) is 0.407. The van der Waals surface area contributed by atoms with Gasteiger partial charge in [0.1, 0.15) is 17.4 Å². The lowest BCUT2D eigenvalue weighted by Gasteiger charge is -2.24. The maximum absolute atomic E-state index is 5.36. The smallest absolute Gasteiger partial charge is 0.134 e. The van der Waals surface area contributed by atoms with Crippen molar-refractivity contribution in [2.75, 3.05) is 46.2 Å². The summed E-state index contributed by atoms with van der Waals surface area (Å²) < 4.78 is 5.36. The van der Waals surface area contributed by atoms with Gasteiger partial charge < -0.3 is 15.0 Å². The number of piperidine rings is 1. The number of benzene rings is 2. The zero-order valence-electron chi connectivity index (χ0n) is 20.2. The van der Waals surface area contributed by atoms with E-state index in [1.807, 2.05) is 26.2 Å². The minimum absolute atomic E-state index is 0.444. The molecule has 1 saturated heterocycles. The van der Waals surface area contributed by atoms with Crippen molar-refractivity contribution < 1.29 is 4.74 Å². The van der Waals surface area contributed by atoms with Crippen LogP contribution in [0.1, 0.15) is 35.8 Å². The monoisotopic (exact) mass is 445 g/mol. The Kier molecular flexibility index (Phi) is 7.57. The minimum Gasteiger partial charge on any atom is -0.497 e. The van der Waals surface area contributed by atoms with Gasteiger partial charge in [0, 0.05) is 39.2 Å². The fourth-order valence-corrected chi connectivity index (χ4v) is 4.33. The molecule has 0 aliphatic carbocycles. The van der Waals surface area contributed by atoms with E-state index in [9.17, 15) is 0 Å². The van der Waals surface area contributed by atoms with E-state index in [0.717, 1.165) is 67.7 Å². The molecule has 33 heavy (non-hydrogen) atoms. The Morgan fingerprint density at radius 1 is 0.909 bits per heavy atom. The highest BCUT2D eigenvalue weighted by Crippen LogP contribution is 2.26. The standard InChI is InChI=1S/C27H35N5O/c1-31(2)26-17-24(29-27(30-26)22-12-14-28-15-13-22)19-32(3)18-20-8-10-21(11-9-20)23-6-5-7-25(16-23)33-4/h5-11,16-17,22,28H,12-15,18-19H2,1-4H3. The van der Waals surface area contributed by atoms with Crippen molar-refractivity contribution in [2.45, 2.75) is 31.8 Å². The van der Waals surface area contributed by atoms with E-state index in [4.69, 9.17) is 14.7 Å². The first-order chi connectivity index (χ1) is 16.0. The van der Waals surface area contributed by atoms with Crippen molar-refractivity contribution in [2.24, 2.45) is 0 Å². The van der Waals surface area contributed by atoms with Gasteiger partial charge in [-0.3, -0.25) is 4.90 Å². The second kappa shape index (κ2) is 10.8. The Morgan fingerprint density at radius 2 is 1.67 bits per heavy atom. The molecular weight excluding hydrogens is 410 g/mol. The molecule has 1 aliphatic heterocycles. The number of methoxy groups -OCH3 is 1. The lowest BCUT2D eigenvalue weighted by Crippen LogP contribution is -2.28. The third kappa shape index (κ3) is 6.09. The van der Waals surface area contributed by atoms with Crippen molar-refractivity contribution in [3.63, 3.8) is 0 Å². The predicted molar refractivity (Wildman–Crippen MR) is 135 cm³/mol. The van der Waals surface area contributed by atoms with E-state index >= 15 is 0 Å². The topological polar surface area (TPSA) is 53.5 Å². The zero-order valence-corrected chi connectivity index (χ0v) is 20.2. The van der Waals surface area contributed by atoms with E-state index in [1.165, 1.54) is 11.1 Å². The lowest BCUT2D eigenvalue weighted by molar-refractivity contribution is 0.314. The van der Waals surface area contributed by atoms with Crippen LogP contribution in [0.4, 0.5) is 5.82 Å². The van der Waals surface area contributed by atoms with Gasteiger partial charge in [-0.15, -0.1) is 0 Å². The number of hydrogen-bond acceptors (Lipinski definition) is 6. The molecule has 0 atom stereocenters. The van der Waals surface area contributed by atoms with E-state index in [-0.39, 0.29) is 0 Å². The molecule has 0 spiro atoms. The minimum atomic E-state index is 0.444. The van der Waals surface area contributed by atoms with Crippen LogP contribution < -0.4 is 15.0 Å². The van der Waals surface area contributed by atoms with Crippen molar-refractivity contribution in [1.29, 1.82) is 0 Å². The van der Waals surface area contributed by atoms with Crippen molar-refractivity contribution in [1.82, 2.24) is 20.2 Å². The molecule has 4 rings (SSSR count). The molecule has 1 aromatic heterocycles. The average Bonchev–Trinajstić information content (AvgIpc) is 2.84. The summed E-state index contributed by atoms with van der Waals surface area (Å²) in [5, 5.41) is 3.44. The quantitative estimate of drug-likeness (QED) is 0.557. The molecule has 2 aromatic carbocycles. The van der Waals surface area contributed by atoms with Crippen LogP contribution >= 0.6 is 0 Å². The molecule has 6 nitrogen and oxygen atoms in total. The molecule has 1 aliphatic rings. The summed E-state index contributed by atoms with van der Waals surface area (Å²) in [4.78, 5) is 14.2. The maximum atomic E-state index is 5.36. The summed E-state index contributed by atoms with van der Waals surface area (Å²) in [6, 6.07) is 19.1. The van der Waals surface area contributed by atoms with Crippen LogP contribution in [0.25, 0.3) is 11.1 Å². The molecule has 3 aromatic rings. The van der Waals surface area contributed by atoms with Gasteiger partial charge in [-0.2, -0.15) is 0 Å². The number of rotatable bonds is 8. The highest BCUT2D eigenvalue weighted by atomic mass is 16.5. The highest BCUT2D eigenvalue weighted by Gasteiger charge is 2.20. The molecule has 2 heterocycles. The summed E-state index contributed by atoms with van der Waals surface area (Å²) in [6.45, 7) is 3.74. The number of nitrogens with zero attached hydrogens (tertiary/aromatic N) is 4. The Balaban J connectivity index is 1.44. The Bertz CT molecular complexity index is 1040. The van der Waals surface area contributed by atoms with Crippen LogP contribution in [0.5, 0.6) is 5.75 Å². The fourth-order valence-electron chi connectivity index (χ4n) is 4.33. The highest BCUT2D eigenvalue weighted by molar-refractivity contribution is 5.65. The zero-order chi connectivity index (χ0) is 23.2. The first-order valence-corrected chi connectivity index (χ1v) is 11.7. The molecule has 0 radical (unpaired) electrons. The van der Waals surface area contributed by atoms with Crippen LogP contribution in [-0.2, 0) is 13.1 Å². The second-order valence-electron chi connectivity index (χ2n) is 9.10. The Hall–Kier alpha value is -2.96. The molecule has 1 fully saturated rings. The van der Waals surface area contributed by atoms with Gasteiger partial charge in [-0.1, -0.05) is 36.4 Å². The van der Waals surface area contributed by atoms with Gasteiger partial charge in [0.2, 0.25) is 0 Å². The van der Waals surface area contributed by atoms with Crippen molar-refractivity contribution >= 4 is 5.82 Å².